The number of ether oxygens (including phenoxy) is 2. The van der Waals surface area contributed by atoms with Gasteiger partial charge in [-0.15, -0.1) is 6.42 Å². The number of nitrogens with one attached hydrogen (secondary N) is 2. The second-order valence-electron chi connectivity index (χ2n) is 6.94. The molecule has 2 amide bonds. The summed E-state index contributed by atoms with van der Waals surface area (Å²) >= 11 is 0. The highest BCUT2D eigenvalue weighted by Gasteiger charge is 2.19. The van der Waals surface area contributed by atoms with Gasteiger partial charge in [0, 0.05) is 6.54 Å². The topological polar surface area (TPSA) is 76.7 Å². The van der Waals surface area contributed by atoms with Crippen LogP contribution in [0.25, 0.3) is 0 Å². The zero-order valence-electron chi connectivity index (χ0n) is 14.4. The third kappa shape index (κ3) is 11.9. The molecule has 0 aromatic carbocycles. The lowest BCUT2D eigenvalue weighted by Crippen LogP contribution is -2.39. The maximum absolute atomic E-state index is 11.6. The first-order chi connectivity index (χ1) is 9.93. The number of terminal acetylenes is 1. The summed E-state index contributed by atoms with van der Waals surface area (Å²) in [5.41, 5.74) is -1.09. The molecule has 0 aromatic heterocycles. The number of alkyl carbamates (subject to hydrolysis) is 2. The number of carbonyl (C=O) groups is 2. The first-order valence-electron chi connectivity index (χ1n) is 7.35. The van der Waals surface area contributed by atoms with Crippen LogP contribution in [0.4, 0.5) is 9.59 Å². The molecule has 126 valence electrons. The third-order valence-corrected chi connectivity index (χ3v) is 2.23. The van der Waals surface area contributed by atoms with Crippen LogP contribution in [0.3, 0.4) is 0 Å². The maximum Gasteiger partial charge on any atom is 0.408 e. The quantitative estimate of drug-likeness (QED) is 0.604. The molecule has 22 heavy (non-hydrogen) atoms. The molecule has 0 saturated carbocycles. The molecule has 1 atom stereocenters. The second-order valence-corrected chi connectivity index (χ2v) is 6.94. The van der Waals surface area contributed by atoms with Crippen molar-refractivity contribution in [1.29, 1.82) is 0 Å². The van der Waals surface area contributed by atoms with E-state index in [1.54, 1.807) is 41.5 Å². The van der Waals surface area contributed by atoms with E-state index in [1.165, 1.54) is 0 Å². The summed E-state index contributed by atoms with van der Waals surface area (Å²) in [5, 5.41) is 5.24. The van der Waals surface area contributed by atoms with E-state index < -0.39 is 29.4 Å². The molecule has 0 aliphatic rings. The summed E-state index contributed by atoms with van der Waals surface area (Å²) in [5.74, 6) is 2.49. The molecule has 0 spiro atoms. The van der Waals surface area contributed by atoms with Crippen LogP contribution in [0.5, 0.6) is 0 Å². The number of hydrogen-bond acceptors (Lipinski definition) is 4. The molecule has 2 N–H and O–H groups in total. The summed E-state index contributed by atoms with van der Waals surface area (Å²) in [6.07, 6.45) is 5.51. The molecule has 6 nitrogen and oxygen atoms in total. The van der Waals surface area contributed by atoms with Crippen molar-refractivity contribution in [2.75, 3.05) is 6.54 Å². The molecule has 0 aromatic rings. The van der Waals surface area contributed by atoms with Crippen LogP contribution in [0.15, 0.2) is 0 Å². The fourth-order valence-electron chi connectivity index (χ4n) is 1.46. The van der Waals surface area contributed by atoms with Crippen molar-refractivity contribution in [2.45, 2.75) is 71.6 Å². The number of carbonyl (C=O) groups excluding carboxylic acids is 2. The van der Waals surface area contributed by atoms with Gasteiger partial charge in [-0.1, -0.05) is 5.92 Å². The van der Waals surface area contributed by atoms with Crippen molar-refractivity contribution < 1.29 is 19.1 Å². The highest BCUT2D eigenvalue weighted by Crippen LogP contribution is 2.08. The molecule has 0 bridgehead atoms. The normalized spacial score (nSPS) is 12.8. The lowest BCUT2D eigenvalue weighted by atomic mass is 10.1. The van der Waals surface area contributed by atoms with Crippen molar-refractivity contribution in [3.8, 4) is 12.3 Å². The molecular weight excluding hydrogens is 284 g/mol. The number of rotatable bonds is 5. The van der Waals surface area contributed by atoms with Gasteiger partial charge in [0.05, 0.1) is 6.04 Å². The Balaban J connectivity index is 4.00. The Morgan fingerprint density at radius 1 is 1.05 bits per heavy atom. The Bertz CT molecular complexity index is 413. The fraction of sp³-hybridized carbons (Fsp3) is 0.750. The van der Waals surface area contributed by atoms with Gasteiger partial charge in [-0.25, -0.2) is 9.59 Å². The summed E-state index contributed by atoms with van der Waals surface area (Å²) < 4.78 is 10.2. The molecule has 0 radical (unpaired) electrons. The Kier molecular flexibility index (Phi) is 7.78. The minimum absolute atomic E-state index is 0.420. The predicted molar refractivity (Wildman–Crippen MR) is 85.5 cm³/mol. The van der Waals surface area contributed by atoms with E-state index in [0.29, 0.717) is 19.4 Å². The molecule has 0 fully saturated rings. The van der Waals surface area contributed by atoms with Crippen LogP contribution < -0.4 is 10.6 Å². The van der Waals surface area contributed by atoms with E-state index in [-0.39, 0.29) is 0 Å². The van der Waals surface area contributed by atoms with E-state index in [2.05, 4.69) is 16.6 Å². The molecule has 0 aliphatic carbocycles. The zero-order chi connectivity index (χ0) is 17.4. The lowest BCUT2D eigenvalue weighted by molar-refractivity contribution is 0.0499. The maximum atomic E-state index is 11.6. The largest absolute Gasteiger partial charge is 0.444 e. The van der Waals surface area contributed by atoms with Crippen molar-refractivity contribution in [3.63, 3.8) is 0 Å². The zero-order valence-corrected chi connectivity index (χ0v) is 14.4. The minimum Gasteiger partial charge on any atom is -0.444 e. The van der Waals surface area contributed by atoms with Crippen LogP contribution in [0, 0.1) is 12.3 Å². The van der Waals surface area contributed by atoms with Gasteiger partial charge in [-0.3, -0.25) is 0 Å². The van der Waals surface area contributed by atoms with Crippen LogP contribution >= 0.6 is 0 Å². The smallest absolute Gasteiger partial charge is 0.408 e. The van der Waals surface area contributed by atoms with Crippen molar-refractivity contribution in [3.05, 3.63) is 0 Å². The Morgan fingerprint density at radius 2 is 1.55 bits per heavy atom. The highest BCUT2D eigenvalue weighted by molar-refractivity contribution is 5.68. The van der Waals surface area contributed by atoms with Crippen LogP contribution in [0.1, 0.15) is 54.4 Å². The molecule has 0 heterocycles. The van der Waals surface area contributed by atoms with E-state index in [9.17, 15) is 9.59 Å². The Morgan fingerprint density at radius 3 is 2.00 bits per heavy atom. The average Bonchev–Trinajstić information content (AvgIpc) is 2.28. The van der Waals surface area contributed by atoms with E-state index in [0.717, 1.165) is 0 Å². The van der Waals surface area contributed by atoms with Crippen LogP contribution in [-0.4, -0.2) is 36.0 Å². The van der Waals surface area contributed by atoms with Gasteiger partial charge in [-0.05, 0) is 54.4 Å². The standard InChI is InChI=1S/C16H28N2O4/c1-8-12(18-14(20)22-16(5,6)7)10-9-11-17-13(19)21-15(2,3)4/h1,12H,9-11H2,2-7H3,(H,17,19)(H,18,20)/t12-/m1/s1. The molecule has 0 aliphatic heterocycles. The summed E-state index contributed by atoms with van der Waals surface area (Å²) in [6.45, 7) is 11.2. The summed E-state index contributed by atoms with van der Waals surface area (Å²) in [4.78, 5) is 23.1. The van der Waals surface area contributed by atoms with Gasteiger partial charge in [0.1, 0.15) is 11.2 Å². The van der Waals surface area contributed by atoms with E-state index in [1.807, 2.05) is 0 Å². The van der Waals surface area contributed by atoms with Gasteiger partial charge in [0.15, 0.2) is 0 Å². The fourth-order valence-corrected chi connectivity index (χ4v) is 1.46. The van der Waals surface area contributed by atoms with Crippen molar-refractivity contribution in [1.82, 2.24) is 10.6 Å². The second kappa shape index (κ2) is 8.52. The molecular formula is C16H28N2O4. The number of hydrogen-bond donors (Lipinski definition) is 2. The predicted octanol–water partition coefficient (Wildman–Crippen LogP) is 2.82. The lowest BCUT2D eigenvalue weighted by Gasteiger charge is -2.22. The van der Waals surface area contributed by atoms with Crippen molar-refractivity contribution >= 4 is 12.2 Å². The molecule has 6 heteroatoms. The highest BCUT2D eigenvalue weighted by atomic mass is 16.6. The molecule has 0 unspecified atom stereocenters. The van der Waals surface area contributed by atoms with Crippen LogP contribution in [-0.2, 0) is 9.47 Å². The Hall–Kier alpha value is -1.90. The molecule has 0 saturated heterocycles. The monoisotopic (exact) mass is 312 g/mol. The van der Waals surface area contributed by atoms with E-state index >= 15 is 0 Å². The molecule has 0 rings (SSSR count). The average molecular weight is 312 g/mol. The first kappa shape index (κ1) is 20.1. The van der Waals surface area contributed by atoms with E-state index in [4.69, 9.17) is 15.9 Å². The van der Waals surface area contributed by atoms with Gasteiger partial charge < -0.3 is 20.1 Å². The van der Waals surface area contributed by atoms with Crippen molar-refractivity contribution in [2.24, 2.45) is 0 Å². The first-order valence-corrected chi connectivity index (χ1v) is 7.35. The third-order valence-electron chi connectivity index (χ3n) is 2.23. The van der Waals surface area contributed by atoms with Gasteiger partial charge >= 0.3 is 12.2 Å². The van der Waals surface area contributed by atoms with Gasteiger partial charge in [0.25, 0.3) is 0 Å². The Labute approximate surface area is 133 Å². The van der Waals surface area contributed by atoms with Gasteiger partial charge in [-0.2, -0.15) is 0 Å². The summed E-state index contributed by atoms with van der Waals surface area (Å²) in [7, 11) is 0. The van der Waals surface area contributed by atoms with Gasteiger partial charge in [0.2, 0.25) is 0 Å². The minimum atomic E-state index is -0.568. The summed E-state index contributed by atoms with van der Waals surface area (Å²) in [6, 6.07) is -0.435. The van der Waals surface area contributed by atoms with Crippen LogP contribution in [0.2, 0.25) is 0 Å². The SMILES string of the molecule is C#C[C@H](CCCNC(=O)OC(C)(C)C)NC(=O)OC(C)(C)C. The number of amides is 2.